The van der Waals surface area contributed by atoms with Gasteiger partial charge >= 0.3 is 6.09 Å². The summed E-state index contributed by atoms with van der Waals surface area (Å²) in [5.74, 6) is 0. The second-order valence-corrected chi connectivity index (χ2v) is 2.60. The van der Waals surface area contributed by atoms with E-state index in [4.69, 9.17) is 9.52 Å². The number of carbonyl (C=O) groups is 1. The Hall–Kier alpha value is -1.97. The van der Waals surface area contributed by atoms with E-state index in [1.165, 1.54) is 0 Å². The Morgan fingerprint density at radius 3 is 3.00 bits per heavy atom. The van der Waals surface area contributed by atoms with Gasteiger partial charge in [0.05, 0.1) is 6.26 Å². The number of carboxylic acid groups (broad SMARTS) is 1. The third-order valence-electron chi connectivity index (χ3n) is 1.70. The lowest BCUT2D eigenvalue weighted by atomic mass is 10.2. The van der Waals surface area contributed by atoms with Crippen LogP contribution in [-0.4, -0.2) is 11.2 Å². The molecule has 0 unspecified atom stereocenters. The fraction of sp³-hybridized carbons (Fsp3) is 0. The summed E-state index contributed by atoms with van der Waals surface area (Å²) in [6.45, 7) is 0. The summed E-state index contributed by atoms with van der Waals surface area (Å²) in [5.41, 5.74) is 1.29. The van der Waals surface area contributed by atoms with Gasteiger partial charge in [0.2, 0.25) is 0 Å². The van der Waals surface area contributed by atoms with E-state index in [9.17, 15) is 4.79 Å². The molecule has 0 bridgehead atoms. The number of rotatable bonds is 1. The largest absolute Gasteiger partial charge is 0.465 e. The van der Waals surface area contributed by atoms with E-state index in [-0.39, 0.29) is 0 Å². The maximum Gasteiger partial charge on any atom is 0.409 e. The van der Waals surface area contributed by atoms with E-state index in [0.717, 1.165) is 11.0 Å². The number of anilines is 1. The lowest BCUT2D eigenvalue weighted by molar-refractivity contribution is 0.210. The summed E-state index contributed by atoms with van der Waals surface area (Å²) in [6.07, 6.45) is 0.498. The van der Waals surface area contributed by atoms with Crippen LogP contribution in [0.3, 0.4) is 0 Å². The lowest BCUT2D eigenvalue weighted by Crippen LogP contribution is -2.06. The van der Waals surface area contributed by atoms with Gasteiger partial charge in [-0.2, -0.15) is 0 Å². The van der Waals surface area contributed by atoms with Crippen LogP contribution in [0, 0.1) is 0 Å². The average Bonchev–Trinajstić information content (AvgIpc) is 2.49. The molecular weight excluding hydrogens is 170 g/mol. The fourth-order valence-corrected chi connectivity index (χ4v) is 1.17. The molecule has 0 aliphatic heterocycles. The average molecular weight is 177 g/mol. The minimum atomic E-state index is -1.07. The Morgan fingerprint density at radius 1 is 1.38 bits per heavy atom. The Morgan fingerprint density at radius 2 is 2.23 bits per heavy atom. The Labute approximate surface area is 73.8 Å². The lowest BCUT2D eigenvalue weighted by Gasteiger charge is -1.98. The standard InChI is InChI=1S/C9H7NO3/c11-9(12)10-7-1-2-8-6(5-7)3-4-13-8/h1-5,10H,(H,11,12). The second kappa shape index (κ2) is 2.82. The molecule has 13 heavy (non-hydrogen) atoms. The van der Waals surface area contributed by atoms with Gasteiger partial charge in [-0.15, -0.1) is 0 Å². The minimum absolute atomic E-state index is 0.543. The van der Waals surface area contributed by atoms with Crippen molar-refractivity contribution in [2.75, 3.05) is 5.32 Å². The highest BCUT2D eigenvalue weighted by Gasteiger charge is 2.00. The van der Waals surface area contributed by atoms with Crippen LogP contribution in [-0.2, 0) is 0 Å². The van der Waals surface area contributed by atoms with E-state index in [0.29, 0.717) is 5.69 Å². The SMILES string of the molecule is O=C(O)Nc1ccc2occc2c1. The summed E-state index contributed by atoms with van der Waals surface area (Å²) < 4.78 is 5.10. The number of hydrogen-bond acceptors (Lipinski definition) is 2. The van der Waals surface area contributed by atoms with Crippen molar-refractivity contribution in [2.45, 2.75) is 0 Å². The molecule has 1 aromatic carbocycles. The summed E-state index contributed by atoms with van der Waals surface area (Å²) >= 11 is 0. The van der Waals surface area contributed by atoms with Crippen LogP contribution in [0.25, 0.3) is 11.0 Å². The van der Waals surface area contributed by atoms with Crippen LogP contribution >= 0.6 is 0 Å². The maximum absolute atomic E-state index is 10.3. The van der Waals surface area contributed by atoms with Gasteiger partial charge in [0.15, 0.2) is 0 Å². The van der Waals surface area contributed by atoms with Crippen LogP contribution in [0.1, 0.15) is 0 Å². The Balaban J connectivity index is 2.42. The monoisotopic (exact) mass is 177 g/mol. The third-order valence-corrected chi connectivity index (χ3v) is 1.70. The van der Waals surface area contributed by atoms with Gasteiger partial charge in [0.25, 0.3) is 0 Å². The summed E-state index contributed by atoms with van der Waals surface area (Å²) in [7, 11) is 0. The third kappa shape index (κ3) is 1.46. The van der Waals surface area contributed by atoms with Gasteiger partial charge in [0, 0.05) is 11.1 Å². The van der Waals surface area contributed by atoms with Crippen LogP contribution < -0.4 is 5.32 Å². The number of benzene rings is 1. The first-order chi connectivity index (χ1) is 6.25. The quantitative estimate of drug-likeness (QED) is 0.703. The molecule has 2 rings (SSSR count). The molecule has 1 amide bonds. The molecule has 1 aromatic heterocycles. The normalized spacial score (nSPS) is 10.2. The van der Waals surface area contributed by atoms with Crippen molar-refractivity contribution in [1.82, 2.24) is 0 Å². The molecule has 0 aliphatic carbocycles. The number of fused-ring (bicyclic) bond motifs is 1. The van der Waals surface area contributed by atoms with Crippen LogP contribution in [0.5, 0.6) is 0 Å². The van der Waals surface area contributed by atoms with Gasteiger partial charge < -0.3 is 9.52 Å². The minimum Gasteiger partial charge on any atom is -0.465 e. The first kappa shape index (κ1) is 7.67. The Kier molecular flexibility index (Phi) is 1.66. The van der Waals surface area contributed by atoms with Gasteiger partial charge in [-0.25, -0.2) is 4.79 Å². The second-order valence-electron chi connectivity index (χ2n) is 2.60. The molecule has 66 valence electrons. The molecule has 0 fully saturated rings. The predicted octanol–water partition coefficient (Wildman–Crippen LogP) is 2.52. The van der Waals surface area contributed by atoms with Crippen LogP contribution in [0.15, 0.2) is 34.9 Å². The maximum atomic E-state index is 10.3. The zero-order chi connectivity index (χ0) is 9.26. The highest BCUT2D eigenvalue weighted by molar-refractivity contribution is 5.88. The first-order valence-corrected chi connectivity index (χ1v) is 3.73. The summed E-state index contributed by atoms with van der Waals surface area (Å²) in [5, 5.41) is 11.6. The van der Waals surface area contributed by atoms with Gasteiger partial charge in [-0.1, -0.05) is 0 Å². The summed E-state index contributed by atoms with van der Waals surface area (Å²) in [4.78, 5) is 10.3. The molecule has 0 spiro atoms. The van der Waals surface area contributed by atoms with E-state index in [1.54, 1.807) is 30.5 Å². The summed E-state index contributed by atoms with van der Waals surface area (Å²) in [6, 6.07) is 6.87. The smallest absolute Gasteiger partial charge is 0.409 e. The van der Waals surface area contributed by atoms with Crippen molar-refractivity contribution in [2.24, 2.45) is 0 Å². The van der Waals surface area contributed by atoms with Crippen molar-refractivity contribution in [3.8, 4) is 0 Å². The number of hydrogen-bond donors (Lipinski definition) is 2. The van der Waals surface area contributed by atoms with E-state index < -0.39 is 6.09 Å². The van der Waals surface area contributed by atoms with Crippen molar-refractivity contribution >= 4 is 22.7 Å². The molecule has 1 heterocycles. The molecule has 0 radical (unpaired) electrons. The van der Waals surface area contributed by atoms with E-state index in [2.05, 4.69) is 5.32 Å². The fourth-order valence-electron chi connectivity index (χ4n) is 1.17. The zero-order valence-electron chi connectivity index (χ0n) is 6.65. The van der Waals surface area contributed by atoms with Crippen molar-refractivity contribution < 1.29 is 14.3 Å². The molecule has 4 heteroatoms. The van der Waals surface area contributed by atoms with E-state index >= 15 is 0 Å². The van der Waals surface area contributed by atoms with E-state index in [1.807, 2.05) is 0 Å². The topological polar surface area (TPSA) is 62.5 Å². The van der Waals surface area contributed by atoms with Gasteiger partial charge in [-0.3, -0.25) is 5.32 Å². The first-order valence-electron chi connectivity index (χ1n) is 3.73. The molecule has 2 N–H and O–H groups in total. The van der Waals surface area contributed by atoms with Crippen LogP contribution in [0.4, 0.5) is 10.5 Å². The molecule has 0 aliphatic rings. The molecule has 0 atom stereocenters. The molecular formula is C9H7NO3. The highest BCUT2D eigenvalue weighted by atomic mass is 16.4. The molecule has 4 nitrogen and oxygen atoms in total. The predicted molar refractivity (Wildman–Crippen MR) is 47.9 cm³/mol. The zero-order valence-corrected chi connectivity index (χ0v) is 6.65. The number of amides is 1. The molecule has 0 saturated carbocycles. The van der Waals surface area contributed by atoms with Crippen LogP contribution in [0.2, 0.25) is 0 Å². The molecule has 0 saturated heterocycles. The number of nitrogens with one attached hydrogen (secondary N) is 1. The van der Waals surface area contributed by atoms with Crippen molar-refractivity contribution in [3.63, 3.8) is 0 Å². The van der Waals surface area contributed by atoms with Crippen molar-refractivity contribution in [1.29, 1.82) is 0 Å². The highest BCUT2D eigenvalue weighted by Crippen LogP contribution is 2.19. The van der Waals surface area contributed by atoms with Crippen molar-refractivity contribution in [3.05, 3.63) is 30.5 Å². The van der Waals surface area contributed by atoms with Gasteiger partial charge in [-0.05, 0) is 24.3 Å². The Bertz CT molecular complexity index is 447. The number of furan rings is 1. The van der Waals surface area contributed by atoms with Gasteiger partial charge in [0.1, 0.15) is 5.58 Å². The molecule has 2 aromatic rings.